The van der Waals surface area contributed by atoms with Crippen LogP contribution in [-0.2, 0) is 4.79 Å². The SMILES string of the molecule is CN(C)c1ccc([N+](=O)[O-])cc1/C=N\NC(=O)COc1ccc(Cl)cc1Cl. The number of hydrogen-bond donors (Lipinski definition) is 1. The molecule has 2 aromatic carbocycles. The molecule has 2 aromatic rings. The van der Waals surface area contributed by atoms with Crippen LogP contribution >= 0.6 is 23.2 Å². The predicted molar refractivity (Wildman–Crippen MR) is 105 cm³/mol. The van der Waals surface area contributed by atoms with E-state index in [4.69, 9.17) is 27.9 Å². The third-order valence-corrected chi connectivity index (χ3v) is 3.88. The molecule has 0 atom stereocenters. The van der Waals surface area contributed by atoms with E-state index in [9.17, 15) is 14.9 Å². The Labute approximate surface area is 165 Å². The van der Waals surface area contributed by atoms with Crippen LogP contribution in [-0.4, -0.2) is 37.7 Å². The zero-order valence-electron chi connectivity index (χ0n) is 14.5. The highest BCUT2D eigenvalue weighted by Gasteiger charge is 2.11. The minimum Gasteiger partial charge on any atom is -0.482 e. The van der Waals surface area contributed by atoms with Gasteiger partial charge in [-0.05, 0) is 24.3 Å². The molecule has 0 spiro atoms. The summed E-state index contributed by atoms with van der Waals surface area (Å²) < 4.78 is 5.29. The second-order valence-corrected chi connectivity index (χ2v) is 6.39. The standard InChI is InChI=1S/C17H16Cl2N4O4/c1-22(2)15-5-4-13(23(25)26)7-11(15)9-20-21-17(24)10-27-16-6-3-12(18)8-14(16)19/h3-9H,10H2,1-2H3,(H,21,24)/b20-9-. The maximum atomic E-state index is 11.8. The van der Waals surface area contributed by atoms with E-state index < -0.39 is 10.8 Å². The van der Waals surface area contributed by atoms with Crippen molar-refractivity contribution in [2.24, 2.45) is 5.10 Å². The van der Waals surface area contributed by atoms with E-state index in [0.717, 1.165) is 0 Å². The number of ether oxygens (including phenoxy) is 1. The normalized spacial score (nSPS) is 10.7. The lowest BCUT2D eigenvalue weighted by atomic mass is 10.1. The number of amides is 1. The van der Waals surface area contributed by atoms with E-state index in [1.54, 1.807) is 37.2 Å². The molecule has 0 saturated carbocycles. The summed E-state index contributed by atoms with van der Waals surface area (Å²) in [5, 5.41) is 15.5. The van der Waals surface area contributed by atoms with Gasteiger partial charge in [-0.3, -0.25) is 14.9 Å². The van der Waals surface area contributed by atoms with E-state index in [0.29, 0.717) is 22.0 Å². The number of rotatable bonds is 7. The van der Waals surface area contributed by atoms with Gasteiger partial charge < -0.3 is 9.64 Å². The number of halogens is 2. The molecule has 0 saturated heterocycles. The number of nitro benzene ring substituents is 1. The molecule has 0 heterocycles. The molecule has 0 radical (unpaired) electrons. The molecule has 142 valence electrons. The number of nitrogens with one attached hydrogen (secondary N) is 1. The van der Waals surface area contributed by atoms with Crippen LogP contribution in [0.1, 0.15) is 5.56 Å². The molecule has 0 bridgehead atoms. The first kappa shape index (κ1) is 20.5. The predicted octanol–water partition coefficient (Wildman–Crippen LogP) is 3.50. The molecule has 2 rings (SSSR count). The van der Waals surface area contributed by atoms with Crippen LogP contribution in [0.2, 0.25) is 10.0 Å². The van der Waals surface area contributed by atoms with Gasteiger partial charge in [-0.1, -0.05) is 23.2 Å². The first-order valence-electron chi connectivity index (χ1n) is 7.63. The molecule has 0 aliphatic heterocycles. The molecule has 1 amide bonds. The molecule has 1 N–H and O–H groups in total. The van der Waals surface area contributed by atoms with E-state index >= 15 is 0 Å². The highest BCUT2D eigenvalue weighted by atomic mass is 35.5. The van der Waals surface area contributed by atoms with Crippen LogP contribution in [0.15, 0.2) is 41.5 Å². The number of anilines is 1. The van der Waals surface area contributed by atoms with Crippen molar-refractivity contribution in [1.29, 1.82) is 0 Å². The average Bonchev–Trinajstić information content (AvgIpc) is 2.60. The van der Waals surface area contributed by atoms with Crippen molar-refractivity contribution in [3.05, 3.63) is 62.1 Å². The van der Waals surface area contributed by atoms with Crippen molar-refractivity contribution in [2.75, 3.05) is 25.6 Å². The summed E-state index contributed by atoms with van der Waals surface area (Å²) in [4.78, 5) is 24.0. The van der Waals surface area contributed by atoms with Crippen LogP contribution in [0, 0.1) is 10.1 Å². The minimum atomic E-state index is -0.519. The van der Waals surface area contributed by atoms with Crippen molar-refractivity contribution in [2.45, 2.75) is 0 Å². The second-order valence-electron chi connectivity index (χ2n) is 5.55. The fraction of sp³-hybridized carbons (Fsp3) is 0.176. The lowest BCUT2D eigenvalue weighted by Gasteiger charge is -2.14. The van der Waals surface area contributed by atoms with Gasteiger partial charge in [0.05, 0.1) is 16.2 Å². The fourth-order valence-corrected chi connectivity index (χ4v) is 2.57. The van der Waals surface area contributed by atoms with Gasteiger partial charge in [0, 0.05) is 42.5 Å². The zero-order valence-corrected chi connectivity index (χ0v) is 16.0. The van der Waals surface area contributed by atoms with Crippen molar-refractivity contribution in [3.63, 3.8) is 0 Å². The summed E-state index contributed by atoms with van der Waals surface area (Å²) in [6.45, 7) is -0.311. The first-order valence-corrected chi connectivity index (χ1v) is 8.39. The molecular weight excluding hydrogens is 395 g/mol. The van der Waals surface area contributed by atoms with E-state index in [1.807, 2.05) is 0 Å². The number of hydrazone groups is 1. The van der Waals surface area contributed by atoms with Crippen molar-refractivity contribution in [1.82, 2.24) is 5.43 Å². The summed E-state index contributed by atoms with van der Waals surface area (Å²) in [6, 6.07) is 9.01. The van der Waals surface area contributed by atoms with Crippen molar-refractivity contribution >= 4 is 46.7 Å². The van der Waals surface area contributed by atoms with Gasteiger partial charge in [-0.25, -0.2) is 5.43 Å². The van der Waals surface area contributed by atoms with Gasteiger partial charge in [0.1, 0.15) is 5.75 Å². The summed E-state index contributed by atoms with van der Waals surface area (Å²) in [7, 11) is 3.58. The Balaban J connectivity index is 2.00. The maximum Gasteiger partial charge on any atom is 0.277 e. The molecular formula is C17H16Cl2N4O4. The van der Waals surface area contributed by atoms with Crippen LogP contribution < -0.4 is 15.1 Å². The summed E-state index contributed by atoms with van der Waals surface area (Å²) in [6.07, 6.45) is 1.33. The lowest BCUT2D eigenvalue weighted by molar-refractivity contribution is -0.384. The third-order valence-electron chi connectivity index (χ3n) is 3.35. The molecule has 10 heteroatoms. The average molecular weight is 411 g/mol. The van der Waals surface area contributed by atoms with Gasteiger partial charge in [0.25, 0.3) is 11.6 Å². The van der Waals surface area contributed by atoms with Crippen molar-refractivity contribution in [3.8, 4) is 5.75 Å². The van der Waals surface area contributed by atoms with E-state index in [-0.39, 0.29) is 17.3 Å². The van der Waals surface area contributed by atoms with Crippen molar-refractivity contribution < 1.29 is 14.5 Å². The van der Waals surface area contributed by atoms with Crippen LogP contribution in [0.25, 0.3) is 0 Å². The van der Waals surface area contributed by atoms with Gasteiger partial charge in [-0.2, -0.15) is 5.10 Å². The third kappa shape index (κ3) is 5.83. The molecule has 0 aliphatic carbocycles. The smallest absolute Gasteiger partial charge is 0.277 e. The molecule has 0 fully saturated rings. The van der Waals surface area contributed by atoms with Gasteiger partial charge >= 0.3 is 0 Å². The van der Waals surface area contributed by atoms with Gasteiger partial charge in [-0.15, -0.1) is 0 Å². The summed E-state index contributed by atoms with van der Waals surface area (Å²) >= 11 is 11.7. The Morgan fingerprint density at radius 1 is 1.30 bits per heavy atom. The number of nitrogens with zero attached hydrogens (tertiary/aromatic N) is 3. The van der Waals surface area contributed by atoms with Gasteiger partial charge in [0.15, 0.2) is 6.61 Å². The van der Waals surface area contributed by atoms with Gasteiger partial charge in [0.2, 0.25) is 0 Å². The number of carbonyl (C=O) groups is 1. The Bertz CT molecular complexity index is 887. The van der Waals surface area contributed by atoms with Crippen LogP contribution in [0.3, 0.4) is 0 Å². The molecule has 0 unspecified atom stereocenters. The Kier molecular flexibility index (Phi) is 6.98. The number of benzene rings is 2. The first-order chi connectivity index (χ1) is 12.8. The Morgan fingerprint density at radius 3 is 2.67 bits per heavy atom. The Hall–Kier alpha value is -2.84. The topological polar surface area (TPSA) is 97.1 Å². The number of carbonyl (C=O) groups excluding carboxylic acids is 1. The van der Waals surface area contributed by atoms with E-state index in [2.05, 4.69) is 10.5 Å². The quantitative estimate of drug-likeness (QED) is 0.427. The molecule has 8 nitrogen and oxygen atoms in total. The fourth-order valence-electron chi connectivity index (χ4n) is 2.11. The molecule has 0 aliphatic rings. The van der Waals surface area contributed by atoms with Crippen LogP contribution in [0.4, 0.5) is 11.4 Å². The largest absolute Gasteiger partial charge is 0.482 e. The highest BCUT2D eigenvalue weighted by Crippen LogP contribution is 2.27. The zero-order chi connectivity index (χ0) is 20.0. The monoisotopic (exact) mass is 410 g/mol. The molecule has 0 aromatic heterocycles. The number of non-ortho nitro benzene ring substituents is 1. The Morgan fingerprint density at radius 2 is 2.04 bits per heavy atom. The lowest BCUT2D eigenvalue weighted by Crippen LogP contribution is -2.24. The minimum absolute atomic E-state index is 0.0749. The second kappa shape index (κ2) is 9.20. The van der Waals surface area contributed by atoms with Crippen LogP contribution in [0.5, 0.6) is 5.75 Å². The number of nitro groups is 1. The van der Waals surface area contributed by atoms with E-state index in [1.165, 1.54) is 24.4 Å². The highest BCUT2D eigenvalue weighted by molar-refractivity contribution is 6.35. The maximum absolute atomic E-state index is 11.8. The summed E-state index contributed by atoms with van der Waals surface area (Å²) in [5.74, 6) is -0.206. The number of hydrogen-bond acceptors (Lipinski definition) is 6. The molecule has 27 heavy (non-hydrogen) atoms. The summed E-state index contributed by atoms with van der Waals surface area (Å²) in [5.41, 5.74) is 3.41.